The van der Waals surface area contributed by atoms with Crippen LogP contribution in [0.4, 0.5) is 5.69 Å². The van der Waals surface area contributed by atoms with Crippen LogP contribution in [0.25, 0.3) is 0 Å². The van der Waals surface area contributed by atoms with Crippen LogP contribution in [0.5, 0.6) is 0 Å². The summed E-state index contributed by atoms with van der Waals surface area (Å²) >= 11 is 7.53. The topological polar surface area (TPSA) is 60.2 Å². The van der Waals surface area contributed by atoms with E-state index < -0.39 is 4.92 Å². The van der Waals surface area contributed by atoms with E-state index in [9.17, 15) is 14.9 Å². The molecule has 2 aromatic carbocycles. The Balaban J connectivity index is 2.17. The molecular weight excluding hydrogens is 298 g/mol. The number of nitro benzene ring substituents is 1. The zero-order valence-corrected chi connectivity index (χ0v) is 11.9. The van der Waals surface area contributed by atoms with Crippen LogP contribution in [0.2, 0.25) is 5.02 Å². The molecular formula is C14H10ClNO3S. The van der Waals surface area contributed by atoms with Crippen molar-refractivity contribution >= 4 is 35.3 Å². The zero-order valence-electron chi connectivity index (χ0n) is 10.3. The Bertz CT molecular complexity index is 661. The molecule has 0 bridgehead atoms. The van der Waals surface area contributed by atoms with E-state index in [1.54, 1.807) is 6.07 Å². The number of nitrogens with zero attached hydrogens (tertiary/aromatic N) is 1. The van der Waals surface area contributed by atoms with Gasteiger partial charge in [-0.3, -0.25) is 14.9 Å². The van der Waals surface area contributed by atoms with Crippen molar-refractivity contribution in [3.63, 3.8) is 0 Å². The van der Waals surface area contributed by atoms with Crippen LogP contribution in [0.1, 0.15) is 15.9 Å². The Morgan fingerprint density at radius 3 is 2.65 bits per heavy atom. The summed E-state index contributed by atoms with van der Waals surface area (Å²) < 4.78 is 0. The van der Waals surface area contributed by atoms with Gasteiger partial charge in [-0.05, 0) is 23.8 Å². The Morgan fingerprint density at radius 2 is 2.00 bits per heavy atom. The molecule has 0 heterocycles. The molecule has 0 aliphatic heterocycles. The van der Waals surface area contributed by atoms with Crippen molar-refractivity contribution in [2.24, 2.45) is 0 Å². The molecule has 0 saturated carbocycles. The predicted octanol–water partition coefficient (Wildman–Crippen LogP) is 4.35. The van der Waals surface area contributed by atoms with Crippen LogP contribution in [-0.4, -0.2) is 11.2 Å². The van der Waals surface area contributed by atoms with E-state index in [-0.39, 0.29) is 11.3 Å². The second-order valence-corrected chi connectivity index (χ2v) is 5.43. The van der Waals surface area contributed by atoms with Gasteiger partial charge in [-0.2, -0.15) is 0 Å². The molecule has 0 aliphatic rings. The maximum atomic E-state index is 10.9. The Morgan fingerprint density at radius 1 is 1.25 bits per heavy atom. The van der Waals surface area contributed by atoms with Crippen LogP contribution in [-0.2, 0) is 5.75 Å². The average Bonchev–Trinajstić information content (AvgIpc) is 2.46. The molecule has 102 valence electrons. The molecule has 4 nitrogen and oxygen atoms in total. The molecule has 0 amide bonds. The SMILES string of the molecule is O=Cc1cc(SCc2ccccc2Cl)ccc1[N+](=O)[O-]. The normalized spacial score (nSPS) is 10.2. The van der Waals surface area contributed by atoms with E-state index in [1.807, 2.05) is 24.3 Å². The first-order valence-corrected chi connectivity index (χ1v) is 7.08. The van der Waals surface area contributed by atoms with Crippen LogP contribution in [0.3, 0.4) is 0 Å². The van der Waals surface area contributed by atoms with Gasteiger partial charge in [0.1, 0.15) is 0 Å². The van der Waals surface area contributed by atoms with E-state index >= 15 is 0 Å². The first kappa shape index (κ1) is 14.6. The Labute approximate surface area is 124 Å². The third-order valence-corrected chi connectivity index (χ3v) is 4.09. The summed E-state index contributed by atoms with van der Waals surface area (Å²) in [5.41, 5.74) is 0.881. The number of aldehydes is 1. The molecule has 2 aromatic rings. The number of carbonyl (C=O) groups excluding carboxylic acids is 1. The molecule has 0 aliphatic carbocycles. The van der Waals surface area contributed by atoms with Gasteiger partial charge in [-0.25, -0.2) is 0 Å². The highest BCUT2D eigenvalue weighted by molar-refractivity contribution is 7.98. The molecule has 0 fully saturated rings. The summed E-state index contributed by atoms with van der Waals surface area (Å²) in [7, 11) is 0. The Hall–Kier alpha value is -1.85. The number of benzene rings is 2. The highest BCUT2D eigenvalue weighted by Gasteiger charge is 2.13. The van der Waals surface area contributed by atoms with Crippen LogP contribution >= 0.6 is 23.4 Å². The van der Waals surface area contributed by atoms with Gasteiger partial charge in [-0.1, -0.05) is 29.8 Å². The smallest absolute Gasteiger partial charge is 0.279 e. The maximum absolute atomic E-state index is 10.9. The maximum Gasteiger partial charge on any atom is 0.279 e. The van der Waals surface area contributed by atoms with Crippen LogP contribution < -0.4 is 0 Å². The van der Waals surface area contributed by atoms with Gasteiger partial charge in [0.2, 0.25) is 0 Å². The number of halogens is 1. The lowest BCUT2D eigenvalue weighted by Crippen LogP contribution is -1.94. The third-order valence-electron chi connectivity index (χ3n) is 2.67. The molecule has 0 unspecified atom stereocenters. The second kappa shape index (κ2) is 6.54. The van der Waals surface area contributed by atoms with Crippen molar-refractivity contribution < 1.29 is 9.72 Å². The summed E-state index contributed by atoms with van der Waals surface area (Å²) in [6.45, 7) is 0. The molecule has 6 heteroatoms. The number of rotatable bonds is 5. The lowest BCUT2D eigenvalue weighted by molar-refractivity contribution is -0.385. The highest BCUT2D eigenvalue weighted by Crippen LogP contribution is 2.29. The molecule has 0 atom stereocenters. The molecule has 0 N–H and O–H groups in total. The van der Waals surface area contributed by atoms with Gasteiger partial charge in [0, 0.05) is 21.7 Å². The molecule has 0 saturated heterocycles. The monoisotopic (exact) mass is 307 g/mol. The van der Waals surface area contributed by atoms with Gasteiger partial charge >= 0.3 is 0 Å². The highest BCUT2D eigenvalue weighted by atomic mass is 35.5. The fourth-order valence-electron chi connectivity index (χ4n) is 1.66. The molecule has 2 rings (SSSR count). The van der Waals surface area contributed by atoms with E-state index in [2.05, 4.69) is 0 Å². The molecule has 20 heavy (non-hydrogen) atoms. The van der Waals surface area contributed by atoms with Crippen LogP contribution in [0.15, 0.2) is 47.4 Å². The summed E-state index contributed by atoms with van der Waals surface area (Å²) in [6, 6.07) is 12.0. The second-order valence-electron chi connectivity index (χ2n) is 3.98. The van der Waals surface area contributed by atoms with Crippen LogP contribution in [0, 0.1) is 10.1 Å². The summed E-state index contributed by atoms with van der Waals surface area (Å²) in [5, 5.41) is 11.4. The quantitative estimate of drug-likeness (QED) is 0.356. The number of thioether (sulfide) groups is 1. The lowest BCUT2D eigenvalue weighted by Gasteiger charge is -2.05. The van der Waals surface area contributed by atoms with E-state index in [4.69, 9.17) is 11.6 Å². The van der Waals surface area contributed by atoms with Crippen molar-refractivity contribution in [2.75, 3.05) is 0 Å². The molecule has 0 radical (unpaired) electrons. The summed E-state index contributed by atoms with van der Waals surface area (Å²) in [5.74, 6) is 0.635. The standard InChI is InChI=1S/C14H10ClNO3S/c15-13-4-2-1-3-10(13)9-20-12-5-6-14(16(18)19)11(7-12)8-17/h1-8H,9H2. The van der Waals surface area contributed by atoms with Gasteiger partial charge in [-0.15, -0.1) is 11.8 Å². The minimum absolute atomic E-state index is 0.0826. The summed E-state index contributed by atoms with van der Waals surface area (Å²) in [4.78, 5) is 21.8. The molecule has 0 aromatic heterocycles. The van der Waals surface area contributed by atoms with E-state index in [1.165, 1.54) is 23.9 Å². The third kappa shape index (κ3) is 3.37. The van der Waals surface area contributed by atoms with Gasteiger partial charge in [0.25, 0.3) is 5.69 Å². The zero-order chi connectivity index (χ0) is 14.5. The number of hydrogen-bond donors (Lipinski definition) is 0. The molecule has 0 spiro atoms. The first-order valence-electron chi connectivity index (χ1n) is 5.71. The van der Waals surface area contributed by atoms with Crippen molar-refractivity contribution in [3.8, 4) is 0 Å². The Kier molecular flexibility index (Phi) is 4.76. The first-order chi connectivity index (χ1) is 9.61. The van der Waals surface area contributed by atoms with Gasteiger partial charge in [0.05, 0.1) is 10.5 Å². The lowest BCUT2D eigenvalue weighted by atomic mass is 10.2. The van der Waals surface area contributed by atoms with Gasteiger partial charge < -0.3 is 0 Å². The van der Waals surface area contributed by atoms with Crippen molar-refractivity contribution in [2.45, 2.75) is 10.6 Å². The summed E-state index contributed by atoms with van der Waals surface area (Å²) in [6.07, 6.45) is 0.498. The van der Waals surface area contributed by atoms with Crippen molar-refractivity contribution in [1.29, 1.82) is 0 Å². The van der Waals surface area contributed by atoms with Gasteiger partial charge in [0.15, 0.2) is 6.29 Å². The predicted molar refractivity (Wildman–Crippen MR) is 79.5 cm³/mol. The number of carbonyl (C=O) groups is 1. The fraction of sp³-hybridized carbons (Fsp3) is 0.0714. The number of hydrogen-bond acceptors (Lipinski definition) is 4. The number of nitro groups is 1. The van der Waals surface area contributed by atoms with Crippen molar-refractivity contribution in [3.05, 3.63) is 68.7 Å². The van der Waals surface area contributed by atoms with E-state index in [0.29, 0.717) is 17.1 Å². The average molecular weight is 308 g/mol. The largest absolute Gasteiger partial charge is 0.298 e. The minimum atomic E-state index is -0.563. The van der Waals surface area contributed by atoms with E-state index in [0.717, 1.165) is 10.5 Å². The minimum Gasteiger partial charge on any atom is -0.298 e. The fourth-order valence-corrected chi connectivity index (χ4v) is 2.89. The van der Waals surface area contributed by atoms with Crippen molar-refractivity contribution in [1.82, 2.24) is 0 Å².